The SMILES string of the molecule is O=S(=O)(NC1CC1)c1cc(C(F)(F)F)ccc1C(F)(F)F. The molecule has 1 saturated carbocycles. The molecule has 0 unspecified atom stereocenters. The van der Waals surface area contributed by atoms with E-state index in [1.165, 1.54) is 0 Å². The van der Waals surface area contributed by atoms with Crippen LogP contribution in [0, 0.1) is 0 Å². The number of hydrogen-bond acceptors (Lipinski definition) is 2. The highest BCUT2D eigenvalue weighted by molar-refractivity contribution is 7.89. The monoisotopic (exact) mass is 333 g/mol. The van der Waals surface area contributed by atoms with E-state index in [4.69, 9.17) is 0 Å². The standard InChI is InChI=1S/C11H9F6NO2S/c12-10(13,14)6-1-4-8(11(15,16)17)9(5-6)21(19,20)18-7-2-3-7/h1,4-5,7,18H,2-3H2. The van der Waals surface area contributed by atoms with E-state index in [9.17, 15) is 34.8 Å². The first-order valence-electron chi connectivity index (χ1n) is 5.72. The molecule has 0 spiro atoms. The third kappa shape index (κ3) is 3.67. The summed E-state index contributed by atoms with van der Waals surface area (Å²) >= 11 is 0. The Hall–Kier alpha value is -1.29. The summed E-state index contributed by atoms with van der Waals surface area (Å²) in [6, 6.07) is -0.179. The highest BCUT2D eigenvalue weighted by atomic mass is 32.2. The molecule has 0 bridgehead atoms. The lowest BCUT2D eigenvalue weighted by Crippen LogP contribution is -2.28. The molecule has 118 valence electrons. The van der Waals surface area contributed by atoms with Crippen LogP contribution in [0.2, 0.25) is 0 Å². The fourth-order valence-electron chi connectivity index (χ4n) is 1.64. The first-order valence-corrected chi connectivity index (χ1v) is 7.20. The summed E-state index contributed by atoms with van der Waals surface area (Å²) < 4.78 is 102. The van der Waals surface area contributed by atoms with Crippen molar-refractivity contribution in [3.8, 4) is 0 Å². The van der Waals surface area contributed by atoms with E-state index >= 15 is 0 Å². The van der Waals surface area contributed by atoms with Crippen LogP contribution in [-0.4, -0.2) is 14.5 Å². The first kappa shape index (κ1) is 16.1. The summed E-state index contributed by atoms with van der Waals surface area (Å²) in [6.45, 7) is 0. The van der Waals surface area contributed by atoms with Gasteiger partial charge in [0.1, 0.15) is 0 Å². The van der Waals surface area contributed by atoms with Crippen LogP contribution in [0.15, 0.2) is 23.1 Å². The van der Waals surface area contributed by atoms with Crippen LogP contribution >= 0.6 is 0 Å². The fourth-order valence-corrected chi connectivity index (χ4v) is 3.20. The Morgan fingerprint density at radius 1 is 1.00 bits per heavy atom. The zero-order valence-corrected chi connectivity index (χ0v) is 11.0. The molecule has 3 nitrogen and oxygen atoms in total. The van der Waals surface area contributed by atoms with E-state index in [1.54, 1.807) is 0 Å². The van der Waals surface area contributed by atoms with Gasteiger partial charge in [0.2, 0.25) is 10.0 Å². The molecule has 0 aliphatic heterocycles. The van der Waals surface area contributed by atoms with Crippen molar-refractivity contribution in [2.24, 2.45) is 0 Å². The number of halogens is 6. The second-order valence-corrected chi connectivity index (χ2v) is 6.28. The highest BCUT2D eigenvalue weighted by Crippen LogP contribution is 2.38. The van der Waals surface area contributed by atoms with E-state index in [0.717, 1.165) is 0 Å². The number of nitrogens with one attached hydrogen (secondary N) is 1. The molecule has 2 rings (SSSR count). The minimum Gasteiger partial charge on any atom is -0.208 e. The maximum Gasteiger partial charge on any atom is 0.417 e. The quantitative estimate of drug-likeness (QED) is 0.864. The molecule has 0 amide bonds. The Labute approximate surface area is 116 Å². The minimum absolute atomic E-state index is 0.00748. The van der Waals surface area contributed by atoms with Crippen LogP contribution in [0.25, 0.3) is 0 Å². The molecule has 0 aromatic heterocycles. The van der Waals surface area contributed by atoms with Gasteiger partial charge >= 0.3 is 12.4 Å². The third-order valence-electron chi connectivity index (χ3n) is 2.80. The normalized spacial score (nSPS) is 17.0. The van der Waals surface area contributed by atoms with Crippen molar-refractivity contribution in [2.45, 2.75) is 36.1 Å². The van der Waals surface area contributed by atoms with Gasteiger partial charge in [-0.1, -0.05) is 0 Å². The average molecular weight is 333 g/mol. The Morgan fingerprint density at radius 3 is 2.00 bits per heavy atom. The van der Waals surface area contributed by atoms with Crippen molar-refractivity contribution in [1.29, 1.82) is 0 Å². The van der Waals surface area contributed by atoms with Crippen molar-refractivity contribution in [2.75, 3.05) is 0 Å². The fraction of sp³-hybridized carbons (Fsp3) is 0.455. The van der Waals surface area contributed by atoms with E-state index in [1.807, 2.05) is 4.72 Å². The smallest absolute Gasteiger partial charge is 0.208 e. The van der Waals surface area contributed by atoms with Crippen molar-refractivity contribution in [1.82, 2.24) is 4.72 Å². The summed E-state index contributed by atoms with van der Waals surface area (Å²) in [5, 5.41) is 0. The van der Waals surface area contributed by atoms with Crippen LogP contribution in [0.1, 0.15) is 24.0 Å². The zero-order chi connectivity index (χ0) is 16.1. The Morgan fingerprint density at radius 2 is 1.57 bits per heavy atom. The predicted octanol–water partition coefficient (Wildman–Crippen LogP) is 3.16. The molecule has 1 fully saturated rings. The lowest BCUT2D eigenvalue weighted by molar-refractivity contribution is -0.143. The highest BCUT2D eigenvalue weighted by Gasteiger charge is 2.41. The number of hydrogen-bond donors (Lipinski definition) is 1. The van der Waals surface area contributed by atoms with Crippen LogP contribution in [0.4, 0.5) is 26.3 Å². The summed E-state index contributed by atoms with van der Waals surface area (Å²) in [4.78, 5) is -1.41. The van der Waals surface area contributed by atoms with Crippen LogP contribution in [0.5, 0.6) is 0 Å². The molecule has 1 N–H and O–H groups in total. The van der Waals surface area contributed by atoms with Crippen molar-refractivity contribution in [3.63, 3.8) is 0 Å². The van der Waals surface area contributed by atoms with Gasteiger partial charge in [0.15, 0.2) is 0 Å². The summed E-state index contributed by atoms with van der Waals surface area (Å²) in [7, 11) is -4.66. The summed E-state index contributed by atoms with van der Waals surface area (Å²) in [5.41, 5.74) is -3.07. The molecular formula is C11H9F6NO2S. The molecule has 10 heteroatoms. The molecule has 21 heavy (non-hydrogen) atoms. The van der Waals surface area contributed by atoms with Gasteiger partial charge in [0.05, 0.1) is 16.0 Å². The van der Waals surface area contributed by atoms with E-state index < -0.39 is 44.4 Å². The largest absolute Gasteiger partial charge is 0.417 e. The number of sulfonamides is 1. The van der Waals surface area contributed by atoms with E-state index in [2.05, 4.69) is 0 Å². The molecule has 0 saturated heterocycles. The molecule has 0 radical (unpaired) electrons. The molecular weight excluding hydrogens is 324 g/mol. The maximum atomic E-state index is 12.8. The van der Waals surface area contributed by atoms with Crippen molar-refractivity contribution < 1.29 is 34.8 Å². The van der Waals surface area contributed by atoms with Gasteiger partial charge in [-0.25, -0.2) is 13.1 Å². The van der Waals surface area contributed by atoms with Gasteiger partial charge in [-0.05, 0) is 31.0 Å². The van der Waals surface area contributed by atoms with Crippen molar-refractivity contribution in [3.05, 3.63) is 29.3 Å². The van der Waals surface area contributed by atoms with Gasteiger partial charge < -0.3 is 0 Å². The van der Waals surface area contributed by atoms with Gasteiger partial charge in [-0.15, -0.1) is 0 Å². The lowest BCUT2D eigenvalue weighted by Gasteiger charge is -2.16. The van der Waals surface area contributed by atoms with Gasteiger partial charge in [-0.3, -0.25) is 0 Å². The number of rotatable bonds is 3. The topological polar surface area (TPSA) is 46.2 Å². The van der Waals surface area contributed by atoms with Gasteiger partial charge in [0, 0.05) is 6.04 Å². The Bertz CT molecular complexity index is 646. The predicted molar refractivity (Wildman–Crippen MR) is 59.8 cm³/mol. The van der Waals surface area contributed by atoms with Gasteiger partial charge in [0.25, 0.3) is 0 Å². The van der Waals surface area contributed by atoms with E-state index in [0.29, 0.717) is 12.8 Å². The molecule has 0 atom stereocenters. The van der Waals surface area contributed by atoms with E-state index in [-0.39, 0.29) is 18.2 Å². The maximum absolute atomic E-state index is 12.8. The average Bonchev–Trinajstić information content (AvgIpc) is 3.09. The Kier molecular flexibility index (Phi) is 3.73. The van der Waals surface area contributed by atoms with Crippen LogP contribution < -0.4 is 4.72 Å². The lowest BCUT2D eigenvalue weighted by atomic mass is 10.1. The molecule has 1 aliphatic rings. The third-order valence-corrected chi connectivity index (χ3v) is 4.36. The number of alkyl halides is 6. The Balaban J connectivity index is 2.58. The van der Waals surface area contributed by atoms with Crippen LogP contribution in [0.3, 0.4) is 0 Å². The minimum atomic E-state index is -5.07. The second-order valence-electron chi connectivity index (χ2n) is 4.60. The summed E-state index contributed by atoms with van der Waals surface area (Å²) in [5.74, 6) is 0. The second kappa shape index (κ2) is 4.87. The zero-order valence-electron chi connectivity index (χ0n) is 10.2. The molecule has 1 aliphatic carbocycles. The first-order chi connectivity index (χ1) is 9.41. The molecule has 1 aromatic carbocycles. The summed E-state index contributed by atoms with van der Waals surface area (Å²) in [6.07, 6.45) is -9.12. The van der Waals surface area contributed by atoms with Crippen LogP contribution in [-0.2, 0) is 22.4 Å². The molecule has 1 aromatic rings. The molecule has 0 heterocycles. The van der Waals surface area contributed by atoms with Crippen molar-refractivity contribution >= 4 is 10.0 Å². The van der Waals surface area contributed by atoms with Gasteiger partial charge in [-0.2, -0.15) is 26.3 Å². The number of benzene rings is 1.